The highest BCUT2D eigenvalue weighted by Crippen LogP contribution is 2.41. The van der Waals surface area contributed by atoms with Crippen LogP contribution in [0.5, 0.6) is 5.75 Å². The number of amides is 1. The van der Waals surface area contributed by atoms with Gasteiger partial charge in [0.25, 0.3) is 5.91 Å². The molecule has 0 N–H and O–H groups in total. The number of hydrogen-bond acceptors (Lipinski definition) is 9. The summed E-state index contributed by atoms with van der Waals surface area (Å²) in [5, 5.41) is 1.85. The minimum Gasteiger partial charge on any atom is -0.451 e. The molecule has 1 fully saturated rings. The zero-order valence-corrected chi connectivity index (χ0v) is 22.7. The molecule has 0 radical (unpaired) electrons. The summed E-state index contributed by atoms with van der Waals surface area (Å²) in [6, 6.07) is 11.0. The van der Waals surface area contributed by atoms with Crippen LogP contribution in [0.2, 0.25) is 0 Å². The molecule has 3 aliphatic rings. The van der Waals surface area contributed by atoms with Crippen molar-refractivity contribution in [1.82, 2.24) is 9.58 Å². The van der Waals surface area contributed by atoms with E-state index in [4.69, 9.17) is 14.2 Å². The number of pyridine rings is 1. The van der Waals surface area contributed by atoms with E-state index in [1.165, 1.54) is 28.7 Å². The van der Waals surface area contributed by atoms with Gasteiger partial charge in [0.2, 0.25) is 18.0 Å². The molecule has 0 bridgehead atoms. The predicted octanol–water partition coefficient (Wildman–Crippen LogP) is 3.59. The van der Waals surface area contributed by atoms with Crippen LogP contribution in [0, 0.1) is 11.6 Å². The van der Waals surface area contributed by atoms with E-state index in [9.17, 15) is 18.8 Å². The van der Waals surface area contributed by atoms with Crippen LogP contribution in [-0.2, 0) is 26.4 Å². The second-order valence-electron chi connectivity index (χ2n) is 9.54. The summed E-state index contributed by atoms with van der Waals surface area (Å²) >= 11 is 1.43. The molecule has 13 heteroatoms. The van der Waals surface area contributed by atoms with Gasteiger partial charge in [-0.05, 0) is 29.7 Å². The van der Waals surface area contributed by atoms with Crippen LogP contribution in [0.4, 0.5) is 13.6 Å². The fraction of sp³-hybridized carbons (Fsp3) is 0.321. The van der Waals surface area contributed by atoms with E-state index in [2.05, 4.69) is 4.74 Å². The van der Waals surface area contributed by atoms with Crippen molar-refractivity contribution < 1.29 is 37.3 Å². The molecule has 1 amide bonds. The summed E-state index contributed by atoms with van der Waals surface area (Å²) in [5.74, 6) is -2.47. The number of carbonyl (C=O) groups excluding carboxylic acids is 2. The number of carbonyl (C=O) groups is 2. The number of halogens is 2. The Hall–Kier alpha value is -4.10. The van der Waals surface area contributed by atoms with E-state index in [-0.39, 0.29) is 42.5 Å². The van der Waals surface area contributed by atoms with Crippen molar-refractivity contribution in [2.45, 2.75) is 29.3 Å². The lowest BCUT2D eigenvalue weighted by Crippen LogP contribution is -2.66. The molecule has 3 aromatic rings. The Labute approximate surface area is 237 Å². The molecule has 2 aromatic carbocycles. The molecule has 3 aliphatic heterocycles. The maximum atomic E-state index is 15.3. The zero-order chi connectivity index (χ0) is 28.7. The number of methoxy groups -OCH3 is 1. The van der Waals surface area contributed by atoms with Gasteiger partial charge in [-0.3, -0.25) is 19.3 Å². The van der Waals surface area contributed by atoms with Crippen LogP contribution in [0.25, 0.3) is 0 Å². The average molecular weight is 586 g/mol. The molecule has 1 aromatic heterocycles. The van der Waals surface area contributed by atoms with Crippen molar-refractivity contribution in [1.29, 1.82) is 0 Å². The van der Waals surface area contributed by atoms with Crippen LogP contribution < -0.4 is 15.2 Å². The smallest absolute Gasteiger partial charge is 0.451 e. The molecule has 1 unspecified atom stereocenters. The summed E-state index contributed by atoms with van der Waals surface area (Å²) < 4.78 is 51.9. The third-order valence-electron chi connectivity index (χ3n) is 7.37. The maximum absolute atomic E-state index is 15.3. The summed E-state index contributed by atoms with van der Waals surface area (Å²) in [5.41, 5.74) is 1.08. The van der Waals surface area contributed by atoms with Gasteiger partial charge < -0.3 is 23.8 Å². The quantitative estimate of drug-likeness (QED) is 0.336. The molecule has 6 rings (SSSR count). The fourth-order valence-corrected chi connectivity index (χ4v) is 6.60. The topological polar surface area (TPSA) is 99.5 Å². The second kappa shape index (κ2) is 11.1. The van der Waals surface area contributed by atoms with Crippen molar-refractivity contribution in [2.75, 3.05) is 38.7 Å². The first-order chi connectivity index (χ1) is 19.9. The van der Waals surface area contributed by atoms with Gasteiger partial charge in [-0.1, -0.05) is 24.3 Å². The second-order valence-corrected chi connectivity index (χ2v) is 10.6. The van der Waals surface area contributed by atoms with Crippen LogP contribution >= 0.6 is 11.8 Å². The Bertz CT molecular complexity index is 1580. The minimum atomic E-state index is -1.02. The van der Waals surface area contributed by atoms with E-state index in [0.29, 0.717) is 12.0 Å². The van der Waals surface area contributed by atoms with E-state index < -0.39 is 48.1 Å². The molecule has 4 heterocycles. The van der Waals surface area contributed by atoms with Crippen molar-refractivity contribution in [2.24, 2.45) is 0 Å². The first-order valence-electron chi connectivity index (χ1n) is 12.8. The van der Waals surface area contributed by atoms with Gasteiger partial charge in [0.05, 0.1) is 26.4 Å². The predicted molar refractivity (Wildman–Crippen MR) is 142 cm³/mol. The SMILES string of the molecule is COC(=O)OCOc1c2n(ccc1=O)N(C1Cc3ccccc3SCc3c1ccc(F)c3F)[C@@H]1COCCN1C2=O. The van der Waals surface area contributed by atoms with E-state index in [0.717, 1.165) is 23.6 Å². The number of morpholine rings is 1. The highest BCUT2D eigenvalue weighted by atomic mass is 32.2. The van der Waals surface area contributed by atoms with Crippen LogP contribution in [0.3, 0.4) is 0 Å². The first kappa shape index (κ1) is 27.1. The number of benzene rings is 2. The number of hydrogen-bond donors (Lipinski definition) is 0. The average Bonchev–Trinajstić information content (AvgIpc) is 2.98. The largest absolute Gasteiger partial charge is 0.510 e. The standard InChI is InChI=1S/C28H25F2N3O7S/c1-37-28(36)40-15-39-26-21(34)8-9-32-25(26)27(35)31-10-11-38-13-23(31)33(32)20-12-16-4-2-3-5-22(16)41-14-18-17(20)6-7-19(29)24(18)30/h2-9,20,23H,10-15H2,1H3/t20?,23-/m1/s1. The van der Waals surface area contributed by atoms with Crippen LogP contribution in [0.15, 0.2) is 58.4 Å². The molecule has 0 saturated carbocycles. The highest BCUT2D eigenvalue weighted by Gasteiger charge is 2.45. The van der Waals surface area contributed by atoms with Crippen LogP contribution in [-0.4, -0.2) is 61.5 Å². The van der Waals surface area contributed by atoms with E-state index in [1.807, 2.05) is 29.3 Å². The summed E-state index contributed by atoms with van der Waals surface area (Å²) in [6.45, 7) is -0.0225. The normalized spacial score (nSPS) is 19.6. The van der Waals surface area contributed by atoms with E-state index >= 15 is 4.39 Å². The third kappa shape index (κ3) is 4.78. The van der Waals surface area contributed by atoms with Gasteiger partial charge in [0.15, 0.2) is 17.3 Å². The van der Waals surface area contributed by atoms with Crippen molar-refractivity contribution in [3.8, 4) is 5.75 Å². The summed E-state index contributed by atoms with van der Waals surface area (Å²) in [4.78, 5) is 40.7. The lowest BCUT2D eigenvalue weighted by atomic mass is 9.93. The maximum Gasteiger partial charge on any atom is 0.510 e. The third-order valence-corrected chi connectivity index (χ3v) is 8.51. The van der Waals surface area contributed by atoms with Crippen LogP contribution in [0.1, 0.15) is 33.2 Å². The lowest BCUT2D eigenvalue weighted by molar-refractivity contribution is -0.0222. The molecule has 0 aliphatic carbocycles. The molecule has 214 valence electrons. The van der Waals surface area contributed by atoms with Gasteiger partial charge in [-0.25, -0.2) is 13.6 Å². The van der Waals surface area contributed by atoms with Crippen molar-refractivity contribution in [3.05, 3.63) is 92.9 Å². The Kier molecular flexibility index (Phi) is 7.30. The van der Waals surface area contributed by atoms with E-state index in [1.54, 1.807) is 11.0 Å². The van der Waals surface area contributed by atoms with Gasteiger partial charge in [-0.15, -0.1) is 11.8 Å². The molecule has 1 saturated heterocycles. The molecule has 41 heavy (non-hydrogen) atoms. The molecule has 10 nitrogen and oxygen atoms in total. The first-order valence-corrected chi connectivity index (χ1v) is 13.8. The molecular formula is C28H25F2N3O7S. The van der Waals surface area contributed by atoms with Gasteiger partial charge in [0.1, 0.15) is 6.17 Å². The number of nitrogens with zero attached hydrogens (tertiary/aromatic N) is 3. The Balaban J connectivity index is 1.54. The highest BCUT2D eigenvalue weighted by molar-refractivity contribution is 7.98. The minimum absolute atomic E-state index is 0.0852. The molecular weight excluding hydrogens is 560 g/mol. The number of fused-ring (bicyclic) bond motifs is 4. The summed E-state index contributed by atoms with van der Waals surface area (Å²) in [6.07, 6.45) is 0.185. The van der Waals surface area contributed by atoms with Gasteiger partial charge >= 0.3 is 6.16 Å². The summed E-state index contributed by atoms with van der Waals surface area (Å²) in [7, 11) is 1.12. The fourth-order valence-electron chi connectivity index (χ4n) is 5.50. The lowest BCUT2D eigenvalue weighted by Gasteiger charge is -2.51. The van der Waals surface area contributed by atoms with Gasteiger partial charge in [-0.2, -0.15) is 0 Å². The monoisotopic (exact) mass is 585 g/mol. The molecule has 2 atom stereocenters. The van der Waals surface area contributed by atoms with Gasteiger partial charge in [0, 0.05) is 35.0 Å². The number of ether oxygens (including phenoxy) is 4. The Morgan fingerprint density at radius 1 is 1.15 bits per heavy atom. The van der Waals surface area contributed by atoms with Crippen molar-refractivity contribution >= 4 is 23.8 Å². The van der Waals surface area contributed by atoms with Crippen molar-refractivity contribution in [3.63, 3.8) is 0 Å². The zero-order valence-electron chi connectivity index (χ0n) is 21.9. The molecule has 0 spiro atoms. The number of thioether (sulfide) groups is 1. The Morgan fingerprint density at radius 3 is 2.80 bits per heavy atom. The number of aromatic nitrogens is 1. The number of rotatable bonds is 4. The Morgan fingerprint density at radius 2 is 1.98 bits per heavy atom.